The molecule has 3 rings (SSSR count). The number of benzene rings is 1. The third-order valence-corrected chi connectivity index (χ3v) is 4.07. The van der Waals surface area contributed by atoms with Crippen molar-refractivity contribution in [2.75, 3.05) is 0 Å². The molecular formula is C16H16F2N2O. The minimum atomic E-state index is -0.586. The highest BCUT2D eigenvalue weighted by atomic mass is 19.1. The Hall–Kier alpha value is -2.17. The molecule has 1 saturated carbocycles. The minimum Gasteiger partial charge on any atom is -0.347 e. The van der Waals surface area contributed by atoms with Crippen LogP contribution in [-0.2, 0) is 7.05 Å². The summed E-state index contributed by atoms with van der Waals surface area (Å²) in [6.45, 7) is 1.92. The Labute approximate surface area is 121 Å². The van der Waals surface area contributed by atoms with Gasteiger partial charge < -0.3 is 9.88 Å². The monoisotopic (exact) mass is 290 g/mol. The van der Waals surface area contributed by atoms with Gasteiger partial charge in [0.2, 0.25) is 0 Å². The molecule has 21 heavy (non-hydrogen) atoms. The van der Waals surface area contributed by atoms with Crippen LogP contribution in [0.4, 0.5) is 8.78 Å². The lowest BCUT2D eigenvalue weighted by Gasteiger charge is -2.07. The van der Waals surface area contributed by atoms with Gasteiger partial charge in [-0.15, -0.1) is 0 Å². The van der Waals surface area contributed by atoms with Crippen LogP contribution in [0.2, 0.25) is 0 Å². The Kier molecular flexibility index (Phi) is 3.27. The summed E-state index contributed by atoms with van der Waals surface area (Å²) in [7, 11) is 1.83. The Morgan fingerprint density at radius 1 is 1.29 bits per heavy atom. The topological polar surface area (TPSA) is 34.0 Å². The van der Waals surface area contributed by atoms with Crippen molar-refractivity contribution in [3.05, 3.63) is 58.9 Å². The van der Waals surface area contributed by atoms with Crippen molar-refractivity contribution in [3.63, 3.8) is 0 Å². The number of nitrogens with one attached hydrogen (secondary N) is 1. The predicted molar refractivity (Wildman–Crippen MR) is 75.1 cm³/mol. The van der Waals surface area contributed by atoms with E-state index in [1.807, 2.05) is 24.6 Å². The second-order valence-electron chi connectivity index (χ2n) is 5.51. The minimum absolute atomic E-state index is 0.0732. The van der Waals surface area contributed by atoms with Gasteiger partial charge in [0.05, 0.1) is 0 Å². The zero-order chi connectivity index (χ0) is 15.1. The van der Waals surface area contributed by atoms with Crippen LogP contribution < -0.4 is 5.32 Å². The normalized spacial score (nSPS) is 20.4. The average molecular weight is 290 g/mol. The molecule has 3 nitrogen and oxygen atoms in total. The fourth-order valence-corrected chi connectivity index (χ4v) is 2.58. The molecule has 1 aliphatic rings. The molecule has 0 spiro atoms. The number of carbonyl (C=O) groups is 1. The van der Waals surface area contributed by atoms with Gasteiger partial charge in [0.15, 0.2) is 0 Å². The maximum absolute atomic E-state index is 13.7. The van der Waals surface area contributed by atoms with Crippen molar-refractivity contribution in [1.82, 2.24) is 9.88 Å². The quantitative estimate of drug-likeness (QED) is 0.926. The molecule has 1 heterocycles. The van der Waals surface area contributed by atoms with E-state index in [4.69, 9.17) is 0 Å². The zero-order valence-corrected chi connectivity index (χ0v) is 11.9. The summed E-state index contributed by atoms with van der Waals surface area (Å²) >= 11 is 0. The van der Waals surface area contributed by atoms with Crippen molar-refractivity contribution in [1.29, 1.82) is 0 Å². The summed E-state index contributed by atoms with van der Waals surface area (Å²) in [5, 5.41) is 2.89. The zero-order valence-electron chi connectivity index (χ0n) is 11.9. The van der Waals surface area contributed by atoms with Gasteiger partial charge in [0, 0.05) is 30.8 Å². The summed E-state index contributed by atoms with van der Waals surface area (Å²) in [5.41, 5.74) is 2.04. The van der Waals surface area contributed by atoms with Crippen LogP contribution >= 0.6 is 0 Å². The van der Waals surface area contributed by atoms with Crippen LogP contribution in [0.25, 0.3) is 0 Å². The first-order valence-electron chi connectivity index (χ1n) is 6.85. The molecule has 0 radical (unpaired) electrons. The maximum Gasteiger partial charge on any atom is 0.268 e. The number of hydrogen-bond donors (Lipinski definition) is 1. The standard InChI is InChI=1S/C16H16F2N2O/c1-9-3-6-15(20(9)2)16(21)19-14-8-12(14)11-5-4-10(17)7-13(11)18/h3-7,12,14H,8H2,1-2H3,(H,19,21). The molecule has 2 unspecified atom stereocenters. The summed E-state index contributed by atoms with van der Waals surface area (Å²) in [6, 6.07) is 7.13. The first-order valence-corrected chi connectivity index (χ1v) is 6.85. The highest BCUT2D eigenvalue weighted by Gasteiger charge is 2.41. The molecule has 1 fully saturated rings. The Morgan fingerprint density at radius 2 is 2.05 bits per heavy atom. The fraction of sp³-hybridized carbons (Fsp3) is 0.312. The van der Waals surface area contributed by atoms with E-state index in [2.05, 4.69) is 5.32 Å². The van der Waals surface area contributed by atoms with Gasteiger partial charge in [0.25, 0.3) is 5.91 Å². The molecule has 2 atom stereocenters. The Morgan fingerprint density at radius 3 is 2.67 bits per heavy atom. The third kappa shape index (κ3) is 2.55. The number of aryl methyl sites for hydroxylation is 1. The largest absolute Gasteiger partial charge is 0.347 e. The van der Waals surface area contributed by atoms with Crippen molar-refractivity contribution in [2.45, 2.75) is 25.3 Å². The number of amides is 1. The van der Waals surface area contributed by atoms with E-state index in [0.29, 0.717) is 17.7 Å². The van der Waals surface area contributed by atoms with Crippen LogP contribution in [0.15, 0.2) is 30.3 Å². The van der Waals surface area contributed by atoms with Crippen molar-refractivity contribution >= 4 is 5.91 Å². The average Bonchev–Trinajstić information content (AvgIpc) is 3.08. The van der Waals surface area contributed by atoms with Gasteiger partial charge in [-0.3, -0.25) is 4.79 Å². The van der Waals surface area contributed by atoms with Crippen LogP contribution in [0.5, 0.6) is 0 Å². The lowest BCUT2D eigenvalue weighted by molar-refractivity contribution is 0.0942. The highest BCUT2D eigenvalue weighted by Crippen LogP contribution is 2.42. The van der Waals surface area contributed by atoms with Gasteiger partial charge in [-0.2, -0.15) is 0 Å². The van der Waals surface area contributed by atoms with E-state index in [1.165, 1.54) is 12.1 Å². The fourth-order valence-electron chi connectivity index (χ4n) is 2.58. The number of hydrogen-bond acceptors (Lipinski definition) is 1. The summed E-state index contributed by atoms with van der Waals surface area (Å²) < 4.78 is 28.4. The van der Waals surface area contributed by atoms with E-state index >= 15 is 0 Å². The number of carbonyl (C=O) groups excluding carboxylic acids is 1. The maximum atomic E-state index is 13.7. The van der Waals surface area contributed by atoms with Crippen LogP contribution in [0.1, 0.15) is 34.1 Å². The molecule has 5 heteroatoms. The van der Waals surface area contributed by atoms with E-state index in [1.54, 1.807) is 6.07 Å². The Bertz CT molecular complexity index is 708. The smallest absolute Gasteiger partial charge is 0.268 e. The molecule has 1 amide bonds. The van der Waals surface area contributed by atoms with E-state index in [0.717, 1.165) is 11.8 Å². The molecular weight excluding hydrogens is 274 g/mol. The number of rotatable bonds is 3. The van der Waals surface area contributed by atoms with Gasteiger partial charge in [-0.1, -0.05) is 6.07 Å². The van der Waals surface area contributed by atoms with E-state index < -0.39 is 11.6 Å². The molecule has 2 aromatic rings. The molecule has 0 saturated heterocycles. The van der Waals surface area contributed by atoms with Gasteiger partial charge >= 0.3 is 0 Å². The highest BCUT2D eigenvalue weighted by molar-refractivity contribution is 5.93. The Balaban J connectivity index is 1.69. The molecule has 110 valence electrons. The number of aromatic nitrogens is 1. The van der Waals surface area contributed by atoms with Crippen LogP contribution in [0, 0.1) is 18.6 Å². The summed E-state index contributed by atoms with van der Waals surface area (Å²) in [6.07, 6.45) is 0.678. The first-order chi connectivity index (χ1) is 9.97. The number of nitrogens with zero attached hydrogens (tertiary/aromatic N) is 1. The lowest BCUT2D eigenvalue weighted by atomic mass is 10.1. The number of halogens is 2. The second-order valence-corrected chi connectivity index (χ2v) is 5.51. The van der Waals surface area contributed by atoms with Crippen molar-refractivity contribution in [2.24, 2.45) is 7.05 Å². The third-order valence-electron chi connectivity index (χ3n) is 4.07. The molecule has 1 aromatic heterocycles. The molecule has 1 N–H and O–H groups in total. The van der Waals surface area contributed by atoms with E-state index in [9.17, 15) is 13.6 Å². The van der Waals surface area contributed by atoms with Crippen molar-refractivity contribution in [3.8, 4) is 0 Å². The van der Waals surface area contributed by atoms with Crippen LogP contribution in [-0.4, -0.2) is 16.5 Å². The second kappa shape index (κ2) is 4.98. The molecule has 1 aromatic carbocycles. The molecule has 0 aliphatic heterocycles. The first kappa shape index (κ1) is 13.8. The van der Waals surface area contributed by atoms with E-state index in [-0.39, 0.29) is 17.9 Å². The SMILES string of the molecule is Cc1ccc(C(=O)NC2CC2c2ccc(F)cc2F)n1C. The molecule has 0 bridgehead atoms. The summed E-state index contributed by atoms with van der Waals surface area (Å²) in [4.78, 5) is 12.2. The summed E-state index contributed by atoms with van der Waals surface area (Å²) in [5.74, 6) is -1.38. The van der Waals surface area contributed by atoms with Gasteiger partial charge in [-0.25, -0.2) is 8.78 Å². The predicted octanol–water partition coefficient (Wildman–Crippen LogP) is 2.90. The van der Waals surface area contributed by atoms with Gasteiger partial charge in [-0.05, 0) is 37.1 Å². The lowest BCUT2D eigenvalue weighted by Crippen LogP contribution is -2.28. The molecule has 1 aliphatic carbocycles. The van der Waals surface area contributed by atoms with Crippen molar-refractivity contribution < 1.29 is 13.6 Å². The van der Waals surface area contributed by atoms with Crippen LogP contribution in [0.3, 0.4) is 0 Å². The van der Waals surface area contributed by atoms with Gasteiger partial charge in [0.1, 0.15) is 17.3 Å².